The summed E-state index contributed by atoms with van der Waals surface area (Å²) in [6.07, 6.45) is 3.75. The Morgan fingerprint density at radius 1 is 1.11 bits per heavy atom. The monoisotopic (exact) mass is 386 g/mol. The van der Waals surface area contributed by atoms with E-state index in [0.29, 0.717) is 16.1 Å². The van der Waals surface area contributed by atoms with Crippen molar-refractivity contribution in [2.75, 3.05) is 11.9 Å². The molecule has 0 spiro atoms. The molecule has 27 heavy (non-hydrogen) atoms. The minimum absolute atomic E-state index is 0.392. The number of hydrogen-bond donors (Lipinski definition) is 2. The van der Waals surface area contributed by atoms with Crippen LogP contribution in [0, 0.1) is 13.8 Å². The number of hydrogen-bond acceptors (Lipinski definition) is 5. The Bertz CT molecular complexity index is 897. The van der Waals surface area contributed by atoms with E-state index in [2.05, 4.69) is 5.32 Å². The number of amides is 2. The lowest BCUT2D eigenvalue weighted by molar-refractivity contribution is -0.119. The number of carbonyl (C=O) groups is 3. The van der Waals surface area contributed by atoms with Crippen molar-refractivity contribution in [3.63, 3.8) is 0 Å². The van der Waals surface area contributed by atoms with E-state index in [1.807, 2.05) is 19.9 Å². The zero-order valence-electron chi connectivity index (χ0n) is 15.4. The van der Waals surface area contributed by atoms with Crippen molar-refractivity contribution in [3.8, 4) is 0 Å². The van der Waals surface area contributed by atoms with Crippen LogP contribution in [-0.4, -0.2) is 24.4 Å². The second-order valence-corrected chi connectivity index (χ2v) is 7.89. The van der Waals surface area contributed by atoms with Crippen LogP contribution in [0.15, 0.2) is 18.2 Å². The van der Waals surface area contributed by atoms with E-state index in [9.17, 15) is 14.4 Å². The van der Waals surface area contributed by atoms with Crippen LogP contribution >= 0.6 is 11.3 Å². The summed E-state index contributed by atoms with van der Waals surface area (Å²) in [5.41, 5.74) is 9.15. The normalized spacial score (nSPS) is 13.0. The summed E-state index contributed by atoms with van der Waals surface area (Å²) in [7, 11) is 0. The van der Waals surface area contributed by atoms with E-state index < -0.39 is 24.4 Å². The second-order valence-electron chi connectivity index (χ2n) is 6.78. The number of nitrogens with two attached hydrogens (primary N) is 1. The van der Waals surface area contributed by atoms with Crippen molar-refractivity contribution in [2.45, 2.75) is 39.5 Å². The number of rotatable bonds is 5. The van der Waals surface area contributed by atoms with E-state index in [-0.39, 0.29) is 0 Å². The molecule has 1 aromatic carbocycles. The van der Waals surface area contributed by atoms with Crippen LogP contribution < -0.4 is 11.1 Å². The van der Waals surface area contributed by atoms with Gasteiger partial charge in [-0.1, -0.05) is 17.2 Å². The molecular weight excluding hydrogens is 364 g/mol. The number of esters is 1. The first-order valence-electron chi connectivity index (χ1n) is 8.84. The van der Waals surface area contributed by atoms with E-state index in [0.717, 1.165) is 47.3 Å². The molecule has 0 saturated heterocycles. The molecule has 0 bridgehead atoms. The van der Waals surface area contributed by atoms with Crippen LogP contribution in [0.1, 0.15) is 55.1 Å². The molecule has 1 aliphatic carbocycles. The van der Waals surface area contributed by atoms with Crippen LogP contribution in [0.2, 0.25) is 0 Å². The SMILES string of the molecule is Cc1cc(C)cc(C(=O)OCC(=O)Nc2sc3c(c2C(N)=O)CCCC3)c1. The fourth-order valence-corrected chi connectivity index (χ4v) is 4.70. The number of primary amides is 1. The van der Waals surface area contributed by atoms with Crippen molar-refractivity contribution in [1.29, 1.82) is 0 Å². The molecular formula is C20H22N2O4S. The minimum atomic E-state index is -0.558. The van der Waals surface area contributed by atoms with Gasteiger partial charge >= 0.3 is 5.97 Å². The molecule has 2 amide bonds. The molecule has 0 radical (unpaired) electrons. The lowest BCUT2D eigenvalue weighted by atomic mass is 9.95. The number of thiophene rings is 1. The summed E-state index contributed by atoms with van der Waals surface area (Å²) in [5.74, 6) is -1.59. The van der Waals surface area contributed by atoms with Crippen molar-refractivity contribution in [3.05, 3.63) is 50.9 Å². The summed E-state index contributed by atoms with van der Waals surface area (Å²) >= 11 is 1.38. The van der Waals surface area contributed by atoms with Crippen LogP contribution in [0.25, 0.3) is 0 Å². The average molecular weight is 386 g/mol. The Morgan fingerprint density at radius 2 is 1.78 bits per heavy atom. The van der Waals surface area contributed by atoms with Gasteiger partial charge in [0.15, 0.2) is 6.61 Å². The molecule has 1 aliphatic rings. The van der Waals surface area contributed by atoms with Gasteiger partial charge in [-0.3, -0.25) is 9.59 Å². The third-order valence-corrected chi connectivity index (χ3v) is 5.67. The maximum Gasteiger partial charge on any atom is 0.338 e. The van der Waals surface area contributed by atoms with Gasteiger partial charge in [0.2, 0.25) is 0 Å². The van der Waals surface area contributed by atoms with Crippen LogP contribution in [-0.2, 0) is 22.4 Å². The number of aryl methyl sites for hydroxylation is 3. The Hall–Kier alpha value is -2.67. The zero-order valence-corrected chi connectivity index (χ0v) is 16.2. The summed E-state index contributed by atoms with van der Waals surface area (Å²) < 4.78 is 5.11. The highest BCUT2D eigenvalue weighted by Crippen LogP contribution is 2.37. The molecule has 3 rings (SSSR count). The van der Waals surface area contributed by atoms with Gasteiger partial charge in [-0.05, 0) is 57.2 Å². The molecule has 7 heteroatoms. The smallest absolute Gasteiger partial charge is 0.338 e. The Balaban J connectivity index is 1.67. The van der Waals surface area contributed by atoms with Crippen LogP contribution in [0.4, 0.5) is 5.00 Å². The van der Waals surface area contributed by atoms with E-state index in [1.165, 1.54) is 11.3 Å². The molecule has 0 saturated carbocycles. The molecule has 2 aromatic rings. The third-order valence-electron chi connectivity index (χ3n) is 4.46. The molecule has 0 fully saturated rings. The van der Waals surface area contributed by atoms with Crippen LogP contribution in [0.3, 0.4) is 0 Å². The van der Waals surface area contributed by atoms with Gasteiger partial charge in [-0.2, -0.15) is 0 Å². The molecule has 142 valence electrons. The number of ether oxygens (including phenoxy) is 1. The molecule has 3 N–H and O–H groups in total. The average Bonchev–Trinajstić information content (AvgIpc) is 2.96. The lowest BCUT2D eigenvalue weighted by Crippen LogP contribution is -2.23. The van der Waals surface area contributed by atoms with Crippen molar-refractivity contribution in [2.24, 2.45) is 5.73 Å². The maximum absolute atomic E-state index is 12.2. The van der Waals surface area contributed by atoms with Crippen molar-refractivity contribution < 1.29 is 19.1 Å². The predicted molar refractivity (Wildman–Crippen MR) is 104 cm³/mol. The standard InChI is InChI=1S/C20H22N2O4S/c1-11-7-12(2)9-13(8-11)20(25)26-10-16(23)22-19-17(18(21)24)14-5-3-4-6-15(14)27-19/h7-9H,3-6,10H2,1-2H3,(H2,21,24)(H,22,23). The summed E-state index contributed by atoms with van der Waals surface area (Å²) in [5, 5.41) is 3.13. The van der Waals surface area contributed by atoms with Crippen molar-refractivity contribution in [1.82, 2.24) is 0 Å². The summed E-state index contributed by atoms with van der Waals surface area (Å²) in [6.45, 7) is 3.35. The molecule has 6 nitrogen and oxygen atoms in total. The Labute approximate surface area is 161 Å². The largest absolute Gasteiger partial charge is 0.452 e. The van der Waals surface area contributed by atoms with E-state index in [1.54, 1.807) is 12.1 Å². The maximum atomic E-state index is 12.2. The fraction of sp³-hybridized carbons (Fsp3) is 0.350. The number of carbonyl (C=O) groups excluding carboxylic acids is 3. The first-order chi connectivity index (χ1) is 12.8. The van der Waals surface area contributed by atoms with E-state index >= 15 is 0 Å². The lowest BCUT2D eigenvalue weighted by Gasteiger charge is -2.11. The van der Waals surface area contributed by atoms with Crippen LogP contribution in [0.5, 0.6) is 0 Å². The molecule has 1 aromatic heterocycles. The van der Waals surface area contributed by atoms with Crippen molar-refractivity contribution >= 4 is 34.1 Å². The first-order valence-corrected chi connectivity index (χ1v) is 9.66. The van der Waals surface area contributed by atoms with Gasteiger partial charge in [-0.15, -0.1) is 11.3 Å². The molecule has 0 unspecified atom stereocenters. The topological polar surface area (TPSA) is 98.5 Å². The first kappa shape index (κ1) is 19.1. The van der Waals surface area contributed by atoms with Gasteiger partial charge in [-0.25, -0.2) is 4.79 Å². The highest BCUT2D eigenvalue weighted by molar-refractivity contribution is 7.17. The second kappa shape index (κ2) is 7.92. The van der Waals surface area contributed by atoms with Gasteiger partial charge in [0.05, 0.1) is 11.1 Å². The van der Waals surface area contributed by atoms with Gasteiger partial charge in [0.1, 0.15) is 5.00 Å². The quantitative estimate of drug-likeness (QED) is 0.771. The van der Waals surface area contributed by atoms with Gasteiger partial charge in [0, 0.05) is 4.88 Å². The predicted octanol–water partition coefficient (Wildman–Crippen LogP) is 3.14. The van der Waals surface area contributed by atoms with E-state index in [4.69, 9.17) is 10.5 Å². The number of anilines is 1. The highest BCUT2D eigenvalue weighted by Gasteiger charge is 2.25. The fourth-order valence-electron chi connectivity index (χ4n) is 3.38. The molecule has 1 heterocycles. The molecule has 0 atom stereocenters. The summed E-state index contributed by atoms with van der Waals surface area (Å²) in [4.78, 5) is 37.3. The molecule has 0 aliphatic heterocycles. The number of nitrogens with one attached hydrogen (secondary N) is 1. The number of fused-ring (bicyclic) bond motifs is 1. The zero-order chi connectivity index (χ0) is 19.6. The minimum Gasteiger partial charge on any atom is -0.452 e. The number of benzene rings is 1. The van der Waals surface area contributed by atoms with Gasteiger partial charge < -0.3 is 15.8 Å². The Morgan fingerprint density at radius 3 is 2.44 bits per heavy atom. The third kappa shape index (κ3) is 4.36. The van der Waals surface area contributed by atoms with Gasteiger partial charge in [0.25, 0.3) is 11.8 Å². The highest BCUT2D eigenvalue weighted by atomic mass is 32.1. The summed E-state index contributed by atoms with van der Waals surface area (Å²) in [6, 6.07) is 5.38. The Kier molecular flexibility index (Phi) is 5.60.